The van der Waals surface area contributed by atoms with Gasteiger partial charge in [0.25, 0.3) is 0 Å². The van der Waals surface area contributed by atoms with Crippen molar-refractivity contribution in [3.63, 3.8) is 0 Å². The lowest BCUT2D eigenvalue weighted by molar-refractivity contribution is 0.386. The third-order valence-electron chi connectivity index (χ3n) is 4.00. The normalized spacial score (nSPS) is 10.4. The molecular formula is C21H22FN3O2. The van der Waals surface area contributed by atoms with Crippen LogP contribution < -0.4 is 19.7 Å². The van der Waals surface area contributed by atoms with Crippen molar-refractivity contribution >= 4 is 11.5 Å². The third kappa shape index (κ3) is 4.88. The molecule has 0 aliphatic rings. The van der Waals surface area contributed by atoms with Gasteiger partial charge in [0.05, 0.1) is 13.3 Å². The molecule has 0 amide bonds. The minimum atomic E-state index is -0.376. The summed E-state index contributed by atoms with van der Waals surface area (Å²) >= 11 is 0. The van der Waals surface area contributed by atoms with Gasteiger partial charge in [-0.2, -0.15) is 0 Å². The first-order chi connectivity index (χ1) is 13.0. The van der Waals surface area contributed by atoms with E-state index in [-0.39, 0.29) is 11.6 Å². The second kappa shape index (κ2) is 8.40. The summed E-state index contributed by atoms with van der Waals surface area (Å²) in [6.07, 6.45) is 1.66. The molecule has 0 aliphatic heterocycles. The van der Waals surface area contributed by atoms with Crippen molar-refractivity contribution in [3.05, 3.63) is 72.2 Å². The Bertz CT molecular complexity index is 898. The van der Waals surface area contributed by atoms with Gasteiger partial charge < -0.3 is 19.7 Å². The van der Waals surface area contributed by atoms with Crippen LogP contribution >= 0.6 is 0 Å². The third-order valence-corrected chi connectivity index (χ3v) is 4.00. The lowest BCUT2D eigenvalue weighted by atomic mass is 10.2. The van der Waals surface area contributed by atoms with Crippen LogP contribution in [0.25, 0.3) is 0 Å². The highest BCUT2D eigenvalue weighted by Crippen LogP contribution is 2.25. The summed E-state index contributed by atoms with van der Waals surface area (Å²) in [5, 5.41) is 3.20. The second-order valence-corrected chi connectivity index (χ2v) is 6.20. The highest BCUT2D eigenvalue weighted by molar-refractivity contribution is 5.50. The monoisotopic (exact) mass is 367 g/mol. The van der Waals surface area contributed by atoms with Crippen LogP contribution in [0.4, 0.5) is 15.9 Å². The van der Waals surface area contributed by atoms with Crippen molar-refractivity contribution in [2.45, 2.75) is 6.54 Å². The number of nitrogens with one attached hydrogen (secondary N) is 1. The molecule has 1 N–H and O–H groups in total. The van der Waals surface area contributed by atoms with E-state index in [9.17, 15) is 4.39 Å². The Kier molecular flexibility index (Phi) is 5.76. The fraction of sp³-hybridized carbons (Fsp3) is 0.190. The standard InChI is InChI=1S/C21H22FN3O2/c1-25(2)16-5-4-6-17(12-16)27-18-8-10-21(24-14-18)23-13-15-7-9-19(22)20(11-15)26-3/h4-12,14H,13H2,1-3H3,(H,23,24). The molecule has 5 nitrogen and oxygen atoms in total. The summed E-state index contributed by atoms with van der Waals surface area (Å²) in [7, 11) is 5.42. The van der Waals surface area contributed by atoms with Gasteiger partial charge in [0.15, 0.2) is 11.6 Å². The van der Waals surface area contributed by atoms with Gasteiger partial charge in [-0.3, -0.25) is 0 Å². The number of ether oxygens (including phenoxy) is 2. The molecular weight excluding hydrogens is 345 g/mol. The average Bonchev–Trinajstić information content (AvgIpc) is 2.68. The minimum Gasteiger partial charge on any atom is -0.494 e. The van der Waals surface area contributed by atoms with Crippen LogP contribution in [0, 0.1) is 5.82 Å². The summed E-state index contributed by atoms with van der Waals surface area (Å²) in [6, 6.07) is 16.3. The Morgan fingerprint density at radius 1 is 1.04 bits per heavy atom. The molecule has 0 unspecified atom stereocenters. The van der Waals surface area contributed by atoms with Crippen molar-refractivity contribution < 1.29 is 13.9 Å². The Morgan fingerprint density at radius 2 is 1.89 bits per heavy atom. The SMILES string of the molecule is COc1cc(CNc2ccc(Oc3cccc(N(C)C)c3)cn2)ccc1F. The number of halogens is 1. The van der Waals surface area contributed by atoms with E-state index in [1.54, 1.807) is 18.3 Å². The van der Waals surface area contributed by atoms with Gasteiger partial charge in [-0.1, -0.05) is 12.1 Å². The zero-order valence-electron chi connectivity index (χ0n) is 15.6. The van der Waals surface area contributed by atoms with Gasteiger partial charge >= 0.3 is 0 Å². The number of benzene rings is 2. The average molecular weight is 367 g/mol. The predicted octanol–water partition coefficient (Wildman–Crippen LogP) is 4.70. The van der Waals surface area contributed by atoms with Crippen molar-refractivity contribution in [2.24, 2.45) is 0 Å². The highest BCUT2D eigenvalue weighted by Gasteiger charge is 2.05. The predicted molar refractivity (Wildman–Crippen MR) is 105 cm³/mol. The van der Waals surface area contributed by atoms with E-state index in [1.807, 2.05) is 55.4 Å². The summed E-state index contributed by atoms with van der Waals surface area (Å²) in [5.41, 5.74) is 1.96. The fourth-order valence-electron chi connectivity index (χ4n) is 2.51. The van der Waals surface area contributed by atoms with E-state index in [0.717, 1.165) is 17.0 Å². The summed E-state index contributed by atoms with van der Waals surface area (Å²) in [4.78, 5) is 6.37. The Balaban J connectivity index is 1.61. The number of methoxy groups -OCH3 is 1. The van der Waals surface area contributed by atoms with E-state index in [1.165, 1.54) is 13.2 Å². The van der Waals surface area contributed by atoms with Gasteiger partial charge in [0.2, 0.25) is 0 Å². The van der Waals surface area contributed by atoms with E-state index in [2.05, 4.69) is 10.3 Å². The van der Waals surface area contributed by atoms with Crippen molar-refractivity contribution in [3.8, 4) is 17.2 Å². The number of nitrogens with zero attached hydrogens (tertiary/aromatic N) is 2. The molecule has 0 radical (unpaired) electrons. The molecule has 140 valence electrons. The first-order valence-electron chi connectivity index (χ1n) is 8.53. The van der Waals surface area contributed by atoms with Crippen LogP contribution in [0.1, 0.15) is 5.56 Å². The van der Waals surface area contributed by atoms with Crippen molar-refractivity contribution in [1.29, 1.82) is 0 Å². The minimum absolute atomic E-state index is 0.228. The van der Waals surface area contributed by atoms with Gasteiger partial charge in [-0.15, -0.1) is 0 Å². The van der Waals surface area contributed by atoms with Crippen LogP contribution in [0.3, 0.4) is 0 Å². The maximum atomic E-state index is 13.5. The van der Waals surface area contributed by atoms with Gasteiger partial charge in [-0.25, -0.2) is 9.37 Å². The first kappa shape index (κ1) is 18.5. The van der Waals surface area contributed by atoms with Crippen LogP contribution in [-0.4, -0.2) is 26.2 Å². The maximum Gasteiger partial charge on any atom is 0.165 e. The molecule has 27 heavy (non-hydrogen) atoms. The summed E-state index contributed by atoms with van der Waals surface area (Å²) in [5.74, 6) is 1.96. The number of aromatic nitrogens is 1. The van der Waals surface area contributed by atoms with Crippen LogP contribution in [0.5, 0.6) is 17.2 Å². The van der Waals surface area contributed by atoms with E-state index < -0.39 is 0 Å². The van der Waals surface area contributed by atoms with Crippen LogP contribution in [0.15, 0.2) is 60.8 Å². The molecule has 0 saturated heterocycles. The smallest absolute Gasteiger partial charge is 0.165 e. The summed E-state index contributed by atoms with van der Waals surface area (Å²) in [6.45, 7) is 0.509. The number of hydrogen-bond acceptors (Lipinski definition) is 5. The lowest BCUT2D eigenvalue weighted by Gasteiger charge is -2.14. The molecule has 0 bridgehead atoms. The summed E-state index contributed by atoms with van der Waals surface area (Å²) < 4.78 is 24.3. The molecule has 0 saturated carbocycles. The molecule has 0 spiro atoms. The quantitative estimate of drug-likeness (QED) is 0.656. The molecule has 0 atom stereocenters. The molecule has 3 aromatic rings. The van der Waals surface area contributed by atoms with Gasteiger partial charge in [0, 0.05) is 32.4 Å². The molecule has 0 aliphatic carbocycles. The second-order valence-electron chi connectivity index (χ2n) is 6.20. The fourth-order valence-corrected chi connectivity index (χ4v) is 2.51. The number of pyridine rings is 1. The van der Waals surface area contributed by atoms with E-state index in [0.29, 0.717) is 18.1 Å². The highest BCUT2D eigenvalue weighted by atomic mass is 19.1. The molecule has 2 aromatic carbocycles. The number of anilines is 2. The van der Waals surface area contributed by atoms with Crippen molar-refractivity contribution in [1.82, 2.24) is 4.98 Å². The van der Waals surface area contributed by atoms with E-state index >= 15 is 0 Å². The molecule has 1 aromatic heterocycles. The molecule has 0 fully saturated rings. The van der Waals surface area contributed by atoms with Crippen molar-refractivity contribution in [2.75, 3.05) is 31.4 Å². The Hall–Kier alpha value is -3.28. The van der Waals surface area contributed by atoms with Gasteiger partial charge in [0.1, 0.15) is 17.3 Å². The largest absolute Gasteiger partial charge is 0.494 e. The molecule has 1 heterocycles. The number of hydrogen-bond donors (Lipinski definition) is 1. The maximum absolute atomic E-state index is 13.5. The Labute approximate surface area is 158 Å². The molecule has 6 heteroatoms. The zero-order valence-corrected chi connectivity index (χ0v) is 15.6. The Morgan fingerprint density at radius 3 is 2.59 bits per heavy atom. The van der Waals surface area contributed by atoms with Gasteiger partial charge in [-0.05, 0) is 42.0 Å². The topological polar surface area (TPSA) is 46.6 Å². The first-order valence-corrected chi connectivity index (χ1v) is 8.53. The molecule has 3 rings (SSSR count). The zero-order chi connectivity index (χ0) is 19.2. The number of rotatable bonds is 7. The van der Waals surface area contributed by atoms with E-state index in [4.69, 9.17) is 9.47 Å². The van der Waals surface area contributed by atoms with Crippen LogP contribution in [-0.2, 0) is 6.54 Å². The van der Waals surface area contributed by atoms with Crippen LogP contribution in [0.2, 0.25) is 0 Å². The lowest BCUT2D eigenvalue weighted by Crippen LogP contribution is -2.08.